The van der Waals surface area contributed by atoms with E-state index in [9.17, 15) is 13.2 Å². The molecule has 0 spiro atoms. The van der Waals surface area contributed by atoms with Crippen LogP contribution in [0.5, 0.6) is 0 Å². The largest absolute Gasteiger partial charge is 0.348 e. The fraction of sp³-hybridized carbons (Fsp3) is 0.467. The SMILES string of the molecule is O=C(NC1CC1)c1cc(-c2cccs2)n([C@H]2CCS(=O)(=O)C2)n1. The van der Waals surface area contributed by atoms with Crippen LogP contribution in [-0.4, -0.2) is 41.7 Å². The van der Waals surface area contributed by atoms with Crippen molar-refractivity contribution < 1.29 is 13.2 Å². The molecule has 1 amide bonds. The van der Waals surface area contributed by atoms with Crippen molar-refractivity contribution in [1.29, 1.82) is 0 Å². The average Bonchev–Trinajstić information content (AvgIpc) is 2.96. The Balaban J connectivity index is 1.70. The van der Waals surface area contributed by atoms with Gasteiger partial charge in [0.15, 0.2) is 15.5 Å². The summed E-state index contributed by atoms with van der Waals surface area (Å²) in [6.45, 7) is 0. The molecule has 0 radical (unpaired) electrons. The summed E-state index contributed by atoms with van der Waals surface area (Å²) in [7, 11) is -3.01. The topological polar surface area (TPSA) is 81.1 Å². The fourth-order valence-corrected chi connectivity index (χ4v) is 5.27. The minimum atomic E-state index is -3.01. The molecule has 2 aromatic rings. The maximum Gasteiger partial charge on any atom is 0.272 e. The lowest BCUT2D eigenvalue weighted by molar-refractivity contribution is 0.0945. The highest BCUT2D eigenvalue weighted by Gasteiger charge is 2.33. The smallest absolute Gasteiger partial charge is 0.272 e. The monoisotopic (exact) mass is 351 g/mol. The Bertz CT molecular complexity index is 835. The highest BCUT2D eigenvalue weighted by atomic mass is 32.2. The van der Waals surface area contributed by atoms with Crippen LogP contribution >= 0.6 is 11.3 Å². The van der Waals surface area contributed by atoms with Crippen molar-refractivity contribution in [2.75, 3.05) is 11.5 Å². The third-order valence-corrected chi connectivity index (χ3v) is 6.85. The van der Waals surface area contributed by atoms with Gasteiger partial charge >= 0.3 is 0 Å². The van der Waals surface area contributed by atoms with Crippen LogP contribution in [0, 0.1) is 0 Å². The normalized spacial score (nSPS) is 23.0. The number of nitrogens with one attached hydrogen (secondary N) is 1. The molecular formula is C15H17N3O3S2. The van der Waals surface area contributed by atoms with E-state index < -0.39 is 9.84 Å². The van der Waals surface area contributed by atoms with E-state index in [0.29, 0.717) is 12.1 Å². The number of nitrogens with zero attached hydrogens (tertiary/aromatic N) is 2. The second kappa shape index (κ2) is 5.45. The van der Waals surface area contributed by atoms with E-state index in [2.05, 4.69) is 10.4 Å². The van der Waals surface area contributed by atoms with Crippen molar-refractivity contribution in [3.8, 4) is 10.6 Å². The Kier molecular flexibility index (Phi) is 3.53. The second-order valence-corrected chi connectivity index (χ2v) is 9.32. The Morgan fingerprint density at radius 3 is 2.78 bits per heavy atom. The first-order valence-electron chi connectivity index (χ1n) is 7.66. The van der Waals surface area contributed by atoms with Crippen LogP contribution in [0.3, 0.4) is 0 Å². The van der Waals surface area contributed by atoms with Crippen LogP contribution in [0.15, 0.2) is 23.6 Å². The van der Waals surface area contributed by atoms with Gasteiger partial charge in [0.2, 0.25) is 0 Å². The predicted octanol–water partition coefficient (Wildman–Crippen LogP) is 1.86. The number of hydrogen-bond acceptors (Lipinski definition) is 5. The van der Waals surface area contributed by atoms with Crippen molar-refractivity contribution >= 4 is 27.1 Å². The molecule has 0 aromatic carbocycles. The molecule has 1 saturated heterocycles. The minimum absolute atomic E-state index is 0.0940. The number of thiophene rings is 1. The van der Waals surface area contributed by atoms with Crippen LogP contribution in [0.25, 0.3) is 10.6 Å². The van der Waals surface area contributed by atoms with Gasteiger partial charge in [0, 0.05) is 6.04 Å². The van der Waals surface area contributed by atoms with Gasteiger partial charge in [0.25, 0.3) is 5.91 Å². The summed E-state index contributed by atoms with van der Waals surface area (Å²) in [6.07, 6.45) is 2.59. The lowest BCUT2D eigenvalue weighted by Crippen LogP contribution is -2.26. The maximum atomic E-state index is 12.3. The third-order valence-electron chi connectivity index (χ3n) is 4.21. The molecule has 8 heteroatoms. The standard InChI is InChI=1S/C15H17N3O3S2/c19-15(16-10-3-4-10)12-8-13(14-2-1-6-22-14)18(17-12)11-5-7-23(20,21)9-11/h1-2,6,8,10-11H,3-5,7,9H2,(H,16,19)/t11-/m0/s1. The third kappa shape index (κ3) is 3.05. The molecular weight excluding hydrogens is 334 g/mol. The van der Waals surface area contributed by atoms with E-state index in [1.165, 1.54) is 0 Å². The lowest BCUT2D eigenvalue weighted by Gasteiger charge is -2.12. The minimum Gasteiger partial charge on any atom is -0.348 e. The number of carbonyl (C=O) groups is 1. The summed E-state index contributed by atoms with van der Waals surface area (Å²) < 4.78 is 25.3. The van der Waals surface area contributed by atoms with E-state index >= 15 is 0 Å². The molecule has 3 heterocycles. The predicted molar refractivity (Wildman–Crippen MR) is 88.3 cm³/mol. The Labute approximate surface area is 138 Å². The highest BCUT2D eigenvalue weighted by molar-refractivity contribution is 7.91. The van der Waals surface area contributed by atoms with Gasteiger partial charge in [-0.05, 0) is 36.8 Å². The highest BCUT2D eigenvalue weighted by Crippen LogP contribution is 2.32. The summed E-state index contributed by atoms with van der Waals surface area (Å²) in [5.74, 6) is 0.104. The summed E-state index contributed by atoms with van der Waals surface area (Å²) in [4.78, 5) is 13.3. The second-order valence-electron chi connectivity index (χ2n) is 6.14. The van der Waals surface area contributed by atoms with Crippen LogP contribution in [0.2, 0.25) is 0 Å². The Morgan fingerprint density at radius 1 is 1.35 bits per heavy atom. The molecule has 0 unspecified atom stereocenters. The Morgan fingerprint density at radius 2 is 2.17 bits per heavy atom. The number of carbonyl (C=O) groups excluding carboxylic acids is 1. The van der Waals surface area contributed by atoms with Crippen molar-refractivity contribution in [2.24, 2.45) is 0 Å². The lowest BCUT2D eigenvalue weighted by atomic mass is 10.2. The quantitative estimate of drug-likeness (QED) is 0.912. The van der Waals surface area contributed by atoms with Gasteiger partial charge in [0.1, 0.15) is 0 Å². The van der Waals surface area contributed by atoms with Crippen LogP contribution < -0.4 is 5.32 Å². The van der Waals surface area contributed by atoms with Crippen LogP contribution in [0.4, 0.5) is 0 Å². The fourth-order valence-electron chi connectivity index (χ4n) is 2.85. The molecule has 23 heavy (non-hydrogen) atoms. The molecule has 1 aliphatic carbocycles. The molecule has 1 aliphatic heterocycles. The van der Waals surface area contributed by atoms with Gasteiger partial charge in [-0.15, -0.1) is 11.3 Å². The molecule has 6 nitrogen and oxygen atoms in total. The van der Waals surface area contributed by atoms with Crippen molar-refractivity contribution in [3.63, 3.8) is 0 Å². The molecule has 4 rings (SSSR count). The Hall–Kier alpha value is -1.67. The van der Waals surface area contributed by atoms with E-state index in [1.54, 1.807) is 22.1 Å². The van der Waals surface area contributed by atoms with Crippen LogP contribution in [0.1, 0.15) is 35.8 Å². The van der Waals surface area contributed by atoms with E-state index in [-0.39, 0.29) is 29.5 Å². The number of hydrogen-bond donors (Lipinski definition) is 1. The average molecular weight is 351 g/mol. The van der Waals surface area contributed by atoms with Gasteiger partial charge in [-0.3, -0.25) is 9.48 Å². The first kappa shape index (κ1) is 14.9. The molecule has 1 atom stereocenters. The van der Waals surface area contributed by atoms with Crippen molar-refractivity contribution in [3.05, 3.63) is 29.3 Å². The number of amides is 1. The first-order valence-corrected chi connectivity index (χ1v) is 10.4. The summed E-state index contributed by atoms with van der Waals surface area (Å²) >= 11 is 1.56. The molecule has 1 saturated carbocycles. The number of rotatable bonds is 4. The van der Waals surface area contributed by atoms with Gasteiger partial charge in [-0.25, -0.2) is 8.42 Å². The van der Waals surface area contributed by atoms with Crippen molar-refractivity contribution in [1.82, 2.24) is 15.1 Å². The zero-order valence-electron chi connectivity index (χ0n) is 12.4. The molecule has 122 valence electrons. The van der Waals surface area contributed by atoms with E-state index in [1.807, 2.05) is 17.5 Å². The summed E-state index contributed by atoms with van der Waals surface area (Å²) in [5.41, 5.74) is 1.19. The number of sulfone groups is 1. The molecule has 2 aliphatic rings. The molecule has 1 N–H and O–H groups in total. The maximum absolute atomic E-state index is 12.3. The zero-order chi connectivity index (χ0) is 16.0. The van der Waals surface area contributed by atoms with E-state index in [4.69, 9.17) is 0 Å². The first-order chi connectivity index (χ1) is 11.0. The van der Waals surface area contributed by atoms with Gasteiger partial charge in [-0.2, -0.15) is 5.10 Å². The van der Waals surface area contributed by atoms with Gasteiger partial charge in [0.05, 0.1) is 28.1 Å². The zero-order valence-corrected chi connectivity index (χ0v) is 14.1. The molecule has 0 bridgehead atoms. The van der Waals surface area contributed by atoms with E-state index in [0.717, 1.165) is 23.4 Å². The molecule has 2 fully saturated rings. The van der Waals surface area contributed by atoms with Gasteiger partial charge in [-0.1, -0.05) is 6.07 Å². The summed E-state index contributed by atoms with van der Waals surface area (Å²) in [6, 6.07) is 5.75. The van der Waals surface area contributed by atoms with Crippen molar-refractivity contribution in [2.45, 2.75) is 31.3 Å². The van der Waals surface area contributed by atoms with Crippen LogP contribution in [-0.2, 0) is 9.84 Å². The van der Waals surface area contributed by atoms with Gasteiger partial charge < -0.3 is 5.32 Å². The molecule has 2 aromatic heterocycles. The summed E-state index contributed by atoms with van der Waals surface area (Å²) in [5, 5.41) is 9.33. The number of aromatic nitrogens is 2.